The van der Waals surface area contributed by atoms with E-state index in [2.05, 4.69) is 67.7 Å². The zero-order valence-corrected chi connectivity index (χ0v) is 18.1. The minimum absolute atomic E-state index is 0.128. The van der Waals surface area contributed by atoms with Gasteiger partial charge in [-0.1, -0.05) is 74.6 Å². The molecule has 29 heavy (non-hydrogen) atoms. The van der Waals surface area contributed by atoms with E-state index < -0.39 is 12.1 Å². The maximum atomic E-state index is 11.7. The number of hydrogen-bond donors (Lipinski definition) is 1. The Hall–Kier alpha value is -2.36. The normalized spacial score (nSPS) is 13.4. The van der Waals surface area contributed by atoms with Gasteiger partial charge in [0, 0.05) is 6.42 Å². The molecule has 4 nitrogen and oxygen atoms in total. The van der Waals surface area contributed by atoms with E-state index in [1.54, 1.807) is 0 Å². The molecular weight excluding hydrogens is 364 g/mol. The van der Waals surface area contributed by atoms with Gasteiger partial charge in [0.05, 0.1) is 6.42 Å². The summed E-state index contributed by atoms with van der Waals surface area (Å²) < 4.78 is 5.17. The van der Waals surface area contributed by atoms with Crippen molar-refractivity contribution in [2.24, 2.45) is 0 Å². The molecule has 0 aliphatic carbocycles. The number of aliphatic carboxylic acids is 1. The standard InChI is InChI=1S/C25H38O4/c1-3-5-6-7-8-9-10-11-12-13-14-15-16-17-18-19-20-21-25(28)29-23(4-2)22-24(26)27/h5-6,8-9,11-12,14-15,17-18,23H,3-4,7,10,13,16,19-22H2,1-2H3,(H,26,27)/b6-5-,9-8-,12-11-,15-14-,18-17-. The maximum Gasteiger partial charge on any atom is 0.307 e. The molecule has 162 valence electrons. The monoisotopic (exact) mass is 402 g/mol. The van der Waals surface area contributed by atoms with E-state index in [4.69, 9.17) is 9.84 Å². The number of rotatable bonds is 17. The van der Waals surface area contributed by atoms with Gasteiger partial charge in [-0.2, -0.15) is 0 Å². The first-order valence-electron chi connectivity index (χ1n) is 10.8. The van der Waals surface area contributed by atoms with Gasteiger partial charge in [-0.15, -0.1) is 0 Å². The Kier molecular flexibility index (Phi) is 18.7. The van der Waals surface area contributed by atoms with Crippen molar-refractivity contribution in [1.82, 2.24) is 0 Å². The summed E-state index contributed by atoms with van der Waals surface area (Å²) in [4.78, 5) is 22.4. The van der Waals surface area contributed by atoms with E-state index in [1.165, 1.54) is 0 Å². The highest BCUT2D eigenvalue weighted by Gasteiger charge is 2.15. The molecule has 0 amide bonds. The smallest absolute Gasteiger partial charge is 0.307 e. The van der Waals surface area contributed by atoms with Crippen LogP contribution in [0.15, 0.2) is 60.8 Å². The topological polar surface area (TPSA) is 63.6 Å². The van der Waals surface area contributed by atoms with Crippen molar-refractivity contribution < 1.29 is 19.4 Å². The first-order valence-corrected chi connectivity index (χ1v) is 10.8. The first-order chi connectivity index (χ1) is 14.1. The molecule has 0 heterocycles. The fraction of sp³-hybridized carbons (Fsp3) is 0.520. The number of esters is 1. The molecule has 0 aromatic rings. The van der Waals surface area contributed by atoms with Crippen LogP contribution in [0.2, 0.25) is 0 Å². The quantitative estimate of drug-likeness (QED) is 0.167. The number of carbonyl (C=O) groups is 2. The van der Waals surface area contributed by atoms with Crippen molar-refractivity contribution in [1.29, 1.82) is 0 Å². The Bertz CT molecular complexity index is 567. The molecule has 1 N–H and O–H groups in total. The highest BCUT2D eigenvalue weighted by molar-refractivity contribution is 5.71. The van der Waals surface area contributed by atoms with Crippen LogP contribution in [-0.4, -0.2) is 23.1 Å². The van der Waals surface area contributed by atoms with Gasteiger partial charge in [-0.25, -0.2) is 0 Å². The van der Waals surface area contributed by atoms with Gasteiger partial charge in [0.2, 0.25) is 0 Å². The molecule has 0 saturated heterocycles. The molecular formula is C25H38O4. The average molecular weight is 403 g/mol. The van der Waals surface area contributed by atoms with Crippen molar-refractivity contribution in [3.05, 3.63) is 60.8 Å². The lowest BCUT2D eigenvalue weighted by molar-refractivity contribution is -0.153. The summed E-state index contributed by atoms with van der Waals surface area (Å²) in [5, 5.41) is 8.75. The van der Waals surface area contributed by atoms with Gasteiger partial charge in [0.15, 0.2) is 0 Å². The Labute approximate surface area is 176 Å². The van der Waals surface area contributed by atoms with Crippen molar-refractivity contribution in [3.63, 3.8) is 0 Å². The Morgan fingerprint density at radius 2 is 1.28 bits per heavy atom. The SMILES string of the molecule is CC/C=C\C/C=C\C/C=C\C/C=C\C/C=C\CCCC(=O)OC(CC)CC(=O)O. The maximum absolute atomic E-state index is 11.7. The van der Waals surface area contributed by atoms with E-state index in [-0.39, 0.29) is 12.4 Å². The molecule has 0 aliphatic heterocycles. The molecule has 4 heteroatoms. The fourth-order valence-electron chi connectivity index (χ4n) is 2.44. The number of carboxylic acid groups (broad SMARTS) is 1. The van der Waals surface area contributed by atoms with Gasteiger partial charge in [-0.3, -0.25) is 9.59 Å². The van der Waals surface area contributed by atoms with E-state index in [0.717, 1.165) is 38.5 Å². The second-order valence-electron chi connectivity index (χ2n) is 6.72. The molecule has 0 bridgehead atoms. The summed E-state index contributed by atoms with van der Waals surface area (Å²) in [6.45, 7) is 3.96. The zero-order valence-electron chi connectivity index (χ0n) is 18.1. The number of allylic oxidation sites excluding steroid dienone is 10. The highest BCUT2D eigenvalue weighted by Crippen LogP contribution is 2.08. The molecule has 0 rings (SSSR count). The number of hydrogen-bond acceptors (Lipinski definition) is 3. The Morgan fingerprint density at radius 3 is 1.72 bits per heavy atom. The van der Waals surface area contributed by atoms with Crippen LogP contribution in [-0.2, 0) is 14.3 Å². The number of ether oxygens (including phenoxy) is 1. The van der Waals surface area contributed by atoms with Crippen molar-refractivity contribution >= 4 is 11.9 Å². The van der Waals surface area contributed by atoms with Crippen molar-refractivity contribution in [3.8, 4) is 0 Å². The number of unbranched alkanes of at least 4 members (excludes halogenated alkanes) is 1. The molecule has 0 fully saturated rings. The van der Waals surface area contributed by atoms with Crippen molar-refractivity contribution in [2.75, 3.05) is 0 Å². The van der Waals surface area contributed by atoms with E-state index in [0.29, 0.717) is 19.3 Å². The van der Waals surface area contributed by atoms with Crippen LogP contribution in [0.25, 0.3) is 0 Å². The van der Waals surface area contributed by atoms with Crippen LogP contribution in [0.4, 0.5) is 0 Å². The molecule has 0 spiro atoms. The second-order valence-corrected chi connectivity index (χ2v) is 6.72. The van der Waals surface area contributed by atoms with E-state index in [1.807, 2.05) is 6.92 Å². The van der Waals surface area contributed by atoms with E-state index >= 15 is 0 Å². The molecule has 1 atom stereocenters. The van der Waals surface area contributed by atoms with Crippen LogP contribution in [0.5, 0.6) is 0 Å². The average Bonchev–Trinajstić information content (AvgIpc) is 2.69. The molecule has 1 unspecified atom stereocenters. The van der Waals surface area contributed by atoms with Crippen molar-refractivity contribution in [2.45, 2.75) is 84.2 Å². The summed E-state index contributed by atoms with van der Waals surface area (Å²) in [6, 6.07) is 0. The third-order valence-corrected chi connectivity index (χ3v) is 4.07. The fourth-order valence-corrected chi connectivity index (χ4v) is 2.44. The zero-order chi connectivity index (χ0) is 21.6. The lowest BCUT2D eigenvalue weighted by Crippen LogP contribution is -2.20. The molecule has 0 saturated carbocycles. The van der Waals surface area contributed by atoms with Gasteiger partial charge < -0.3 is 9.84 Å². The lowest BCUT2D eigenvalue weighted by Gasteiger charge is -2.13. The van der Waals surface area contributed by atoms with Crippen LogP contribution in [0, 0.1) is 0 Å². The predicted molar refractivity (Wildman–Crippen MR) is 121 cm³/mol. The van der Waals surface area contributed by atoms with Gasteiger partial charge >= 0.3 is 11.9 Å². The summed E-state index contributed by atoms with van der Waals surface area (Å²) in [6.07, 6.45) is 28.2. The summed E-state index contributed by atoms with van der Waals surface area (Å²) >= 11 is 0. The predicted octanol–water partition coefficient (Wildman–Crippen LogP) is 6.70. The van der Waals surface area contributed by atoms with E-state index in [9.17, 15) is 9.59 Å². The second kappa shape index (κ2) is 20.4. The summed E-state index contributed by atoms with van der Waals surface area (Å²) in [7, 11) is 0. The summed E-state index contributed by atoms with van der Waals surface area (Å²) in [5.74, 6) is -1.26. The lowest BCUT2D eigenvalue weighted by atomic mass is 10.2. The molecule has 0 radical (unpaired) electrons. The van der Waals surface area contributed by atoms with Gasteiger partial charge in [-0.05, 0) is 51.4 Å². The van der Waals surface area contributed by atoms with Gasteiger partial charge in [0.1, 0.15) is 6.10 Å². The van der Waals surface area contributed by atoms with Gasteiger partial charge in [0.25, 0.3) is 0 Å². The molecule has 0 aromatic carbocycles. The van der Waals surface area contributed by atoms with Crippen LogP contribution in [0.3, 0.4) is 0 Å². The number of carboxylic acids is 1. The summed E-state index contributed by atoms with van der Waals surface area (Å²) in [5.41, 5.74) is 0. The largest absolute Gasteiger partial charge is 0.481 e. The minimum Gasteiger partial charge on any atom is -0.481 e. The third kappa shape index (κ3) is 20.2. The van der Waals surface area contributed by atoms with Crippen LogP contribution < -0.4 is 0 Å². The van der Waals surface area contributed by atoms with Crippen LogP contribution >= 0.6 is 0 Å². The Balaban J connectivity index is 3.68. The highest BCUT2D eigenvalue weighted by atomic mass is 16.5. The molecule has 0 aliphatic rings. The molecule has 0 aromatic heterocycles. The Morgan fingerprint density at radius 1 is 0.793 bits per heavy atom. The first kappa shape index (κ1) is 26.6. The minimum atomic E-state index is -0.941. The third-order valence-electron chi connectivity index (χ3n) is 4.07. The number of carbonyl (C=O) groups excluding carboxylic acids is 1. The van der Waals surface area contributed by atoms with Crippen LogP contribution in [0.1, 0.15) is 78.1 Å².